The van der Waals surface area contributed by atoms with Crippen molar-refractivity contribution in [2.75, 3.05) is 0 Å². The minimum absolute atomic E-state index is 0.716. The molecule has 1 N–H and O–H groups in total. The Hall–Kier alpha value is 0.390. The summed E-state index contributed by atoms with van der Waals surface area (Å²) >= 11 is 0. The zero-order chi connectivity index (χ0) is 6.97. The summed E-state index contributed by atoms with van der Waals surface area (Å²) in [6.45, 7) is 0. The molecule has 1 nitrogen and oxygen atoms in total. The van der Waals surface area contributed by atoms with Gasteiger partial charge in [0.15, 0.2) is 0 Å². The van der Waals surface area contributed by atoms with Gasteiger partial charge in [0.1, 0.15) is 0 Å². The molecule has 0 spiro atoms. The molecule has 4 atom stereocenters. The summed E-state index contributed by atoms with van der Waals surface area (Å²) in [5, 5.41) is 3.62. The van der Waals surface area contributed by atoms with Crippen molar-refractivity contribution in [3.63, 3.8) is 0 Å². The molecule has 1 aliphatic heterocycles. The molecule has 1 aliphatic carbocycles. The molecule has 2 aliphatic rings. The Morgan fingerprint density at radius 3 is 2.80 bits per heavy atom. The molecule has 0 amide bonds. The maximum atomic E-state index is 3.62. The second kappa shape index (κ2) is 2.79. The van der Waals surface area contributed by atoms with Crippen LogP contribution >= 0.6 is 9.24 Å². The second-order valence-corrected chi connectivity index (χ2v) is 4.46. The van der Waals surface area contributed by atoms with E-state index >= 15 is 0 Å². The quantitative estimate of drug-likeness (QED) is 0.528. The van der Waals surface area contributed by atoms with Gasteiger partial charge in [0, 0.05) is 11.8 Å². The lowest BCUT2D eigenvalue weighted by atomic mass is 9.86. The summed E-state index contributed by atoms with van der Waals surface area (Å²) in [5.41, 5.74) is 0. The summed E-state index contributed by atoms with van der Waals surface area (Å²) in [7, 11) is 2.90. The van der Waals surface area contributed by atoms with Crippen LogP contribution in [0.4, 0.5) is 0 Å². The number of hydrogen-bond acceptors (Lipinski definition) is 1. The van der Waals surface area contributed by atoms with Crippen molar-refractivity contribution < 1.29 is 0 Å². The van der Waals surface area contributed by atoms with E-state index in [0.717, 1.165) is 12.0 Å². The van der Waals surface area contributed by atoms with Crippen molar-refractivity contribution >= 4 is 9.24 Å². The monoisotopic (exact) mass is 157 g/mol. The molecule has 2 rings (SSSR count). The smallest absolute Gasteiger partial charge is 0.0217 e. The molecule has 1 saturated heterocycles. The molecule has 1 heterocycles. The molecule has 2 heteroatoms. The maximum Gasteiger partial charge on any atom is 0.0217 e. The highest BCUT2D eigenvalue weighted by atomic mass is 31.0. The fraction of sp³-hybridized carbons (Fsp3) is 1.00. The molecule has 0 radical (unpaired) electrons. The van der Waals surface area contributed by atoms with Gasteiger partial charge >= 0.3 is 0 Å². The van der Waals surface area contributed by atoms with Gasteiger partial charge in [-0.3, -0.25) is 0 Å². The van der Waals surface area contributed by atoms with Crippen LogP contribution in [0.2, 0.25) is 0 Å². The third kappa shape index (κ3) is 1.22. The van der Waals surface area contributed by atoms with E-state index in [4.69, 9.17) is 0 Å². The molecule has 0 aromatic carbocycles. The lowest BCUT2D eigenvalue weighted by Gasteiger charge is -2.24. The van der Waals surface area contributed by atoms with E-state index in [2.05, 4.69) is 14.6 Å². The van der Waals surface area contributed by atoms with Crippen molar-refractivity contribution in [3.8, 4) is 0 Å². The first-order valence-electron chi connectivity index (χ1n) is 4.38. The minimum Gasteiger partial charge on any atom is -0.308 e. The molecular weight excluding hydrogens is 141 g/mol. The summed E-state index contributed by atoms with van der Waals surface area (Å²) in [6, 6.07) is 0.872. The highest BCUT2D eigenvalue weighted by Crippen LogP contribution is 2.34. The maximum absolute atomic E-state index is 3.62. The van der Waals surface area contributed by atoms with Crippen LogP contribution in [0.15, 0.2) is 0 Å². The van der Waals surface area contributed by atoms with Crippen molar-refractivity contribution in [2.45, 2.75) is 43.9 Å². The topological polar surface area (TPSA) is 12.0 Å². The van der Waals surface area contributed by atoms with E-state index < -0.39 is 0 Å². The van der Waals surface area contributed by atoms with Gasteiger partial charge in [-0.2, -0.15) is 0 Å². The van der Waals surface area contributed by atoms with Crippen molar-refractivity contribution in [3.05, 3.63) is 0 Å². The van der Waals surface area contributed by atoms with Gasteiger partial charge in [-0.05, 0) is 25.2 Å². The van der Waals surface area contributed by atoms with Crippen LogP contribution in [-0.4, -0.2) is 11.8 Å². The summed E-state index contributed by atoms with van der Waals surface area (Å²) < 4.78 is 0. The van der Waals surface area contributed by atoms with Crippen LogP contribution in [0.5, 0.6) is 0 Å². The average molecular weight is 157 g/mol. The van der Waals surface area contributed by atoms with Gasteiger partial charge in [0.25, 0.3) is 0 Å². The fourth-order valence-electron chi connectivity index (χ4n) is 2.38. The first-order chi connectivity index (χ1) is 4.86. The molecule has 2 fully saturated rings. The third-order valence-electron chi connectivity index (χ3n) is 2.89. The fourth-order valence-corrected chi connectivity index (χ4v) is 2.98. The van der Waals surface area contributed by atoms with Gasteiger partial charge in [-0.1, -0.05) is 12.8 Å². The predicted molar refractivity (Wildman–Crippen MR) is 47.0 cm³/mol. The highest BCUT2D eigenvalue weighted by Gasteiger charge is 2.32. The normalized spacial score (nSPS) is 47.1. The summed E-state index contributed by atoms with van der Waals surface area (Å²) in [5.74, 6) is 1.73. The van der Waals surface area contributed by atoms with E-state index in [1.54, 1.807) is 0 Å². The Bertz CT molecular complexity index is 112. The SMILES string of the molecule is PC1CC2CCCCC2N1. The van der Waals surface area contributed by atoms with E-state index in [1.165, 1.54) is 32.1 Å². The molecule has 58 valence electrons. The molecule has 1 saturated carbocycles. The van der Waals surface area contributed by atoms with Crippen LogP contribution in [-0.2, 0) is 0 Å². The van der Waals surface area contributed by atoms with Crippen LogP contribution in [0.3, 0.4) is 0 Å². The molecule has 4 unspecified atom stereocenters. The average Bonchev–Trinajstić information content (AvgIpc) is 2.27. The number of nitrogens with one attached hydrogen (secondary N) is 1. The Labute approximate surface area is 65.2 Å². The van der Waals surface area contributed by atoms with Crippen LogP contribution < -0.4 is 5.32 Å². The predicted octanol–water partition coefficient (Wildman–Crippen LogP) is 1.74. The number of rotatable bonds is 0. The molecule has 10 heavy (non-hydrogen) atoms. The summed E-state index contributed by atoms with van der Waals surface area (Å²) in [6.07, 6.45) is 7.22. The standard InChI is InChI=1S/C8H16NP/c10-8-5-6-3-1-2-4-7(6)9-8/h6-9H,1-5,10H2. The Kier molecular flexibility index (Phi) is 1.97. The van der Waals surface area contributed by atoms with Crippen LogP contribution in [0.1, 0.15) is 32.1 Å². The van der Waals surface area contributed by atoms with Crippen LogP contribution in [0.25, 0.3) is 0 Å². The van der Waals surface area contributed by atoms with Gasteiger partial charge in [-0.25, -0.2) is 0 Å². The lowest BCUT2D eigenvalue weighted by molar-refractivity contribution is 0.326. The lowest BCUT2D eigenvalue weighted by Crippen LogP contribution is -2.31. The molecule has 0 bridgehead atoms. The van der Waals surface area contributed by atoms with E-state index in [1.807, 2.05) is 0 Å². The summed E-state index contributed by atoms with van der Waals surface area (Å²) in [4.78, 5) is 0. The zero-order valence-corrected chi connectivity index (χ0v) is 7.50. The van der Waals surface area contributed by atoms with Crippen LogP contribution in [0, 0.1) is 5.92 Å². The van der Waals surface area contributed by atoms with Gasteiger partial charge in [-0.15, -0.1) is 9.24 Å². The number of hydrogen-bond donors (Lipinski definition) is 1. The van der Waals surface area contributed by atoms with Gasteiger partial charge < -0.3 is 5.32 Å². The molecular formula is C8H16NP. The van der Waals surface area contributed by atoms with Gasteiger partial charge in [0.2, 0.25) is 0 Å². The van der Waals surface area contributed by atoms with E-state index in [-0.39, 0.29) is 0 Å². The van der Waals surface area contributed by atoms with Crippen molar-refractivity contribution in [1.82, 2.24) is 5.32 Å². The first-order valence-corrected chi connectivity index (χ1v) is 5.04. The van der Waals surface area contributed by atoms with Gasteiger partial charge in [0.05, 0.1) is 0 Å². The Morgan fingerprint density at radius 1 is 1.20 bits per heavy atom. The first kappa shape index (κ1) is 7.06. The zero-order valence-electron chi connectivity index (χ0n) is 6.34. The Balaban J connectivity index is 1.97. The number of fused-ring (bicyclic) bond motifs is 1. The minimum atomic E-state index is 0.716. The highest BCUT2D eigenvalue weighted by molar-refractivity contribution is 7.17. The third-order valence-corrected chi connectivity index (χ3v) is 3.36. The van der Waals surface area contributed by atoms with E-state index in [0.29, 0.717) is 5.78 Å². The van der Waals surface area contributed by atoms with Crippen molar-refractivity contribution in [2.24, 2.45) is 5.92 Å². The van der Waals surface area contributed by atoms with E-state index in [9.17, 15) is 0 Å². The second-order valence-electron chi connectivity index (χ2n) is 3.66. The molecule has 0 aromatic heterocycles. The van der Waals surface area contributed by atoms with Crippen molar-refractivity contribution in [1.29, 1.82) is 0 Å². The molecule has 0 aromatic rings. The largest absolute Gasteiger partial charge is 0.308 e. The Morgan fingerprint density at radius 2 is 2.00 bits per heavy atom.